The zero-order valence-electron chi connectivity index (χ0n) is 8.57. The van der Waals surface area contributed by atoms with Crippen molar-refractivity contribution in [3.8, 4) is 0 Å². The Hall–Kier alpha value is -1.33. The van der Waals surface area contributed by atoms with E-state index in [0.717, 1.165) is 12.2 Å². The van der Waals surface area contributed by atoms with Gasteiger partial charge in [-0.1, -0.05) is 0 Å². The lowest BCUT2D eigenvalue weighted by molar-refractivity contribution is -0.119. The van der Waals surface area contributed by atoms with Crippen molar-refractivity contribution < 1.29 is 13.9 Å². The Bertz CT molecular complexity index is 272. The summed E-state index contributed by atoms with van der Waals surface area (Å²) in [4.78, 5) is 10.7. The highest BCUT2D eigenvalue weighted by atomic mass is 16.5. The van der Waals surface area contributed by atoms with Crippen LogP contribution in [0.5, 0.6) is 0 Å². The molecule has 0 bridgehead atoms. The molecule has 0 aromatic carbocycles. The number of hydrogen-bond donors (Lipinski definition) is 2. The van der Waals surface area contributed by atoms with Gasteiger partial charge in [-0.05, 0) is 18.6 Å². The second kappa shape index (κ2) is 7.03. The van der Waals surface area contributed by atoms with Crippen LogP contribution in [0.2, 0.25) is 0 Å². The van der Waals surface area contributed by atoms with Gasteiger partial charge in [0.05, 0.1) is 12.8 Å². The Kier molecular flexibility index (Phi) is 5.50. The number of carbonyl (C=O) groups is 1. The lowest BCUT2D eigenvalue weighted by Crippen LogP contribution is -2.31. The lowest BCUT2D eigenvalue weighted by Gasteiger charge is -2.03. The molecule has 0 saturated carbocycles. The van der Waals surface area contributed by atoms with E-state index in [2.05, 4.69) is 5.32 Å². The maximum atomic E-state index is 10.7. The highest BCUT2D eigenvalue weighted by molar-refractivity contribution is 5.77. The molecular formula is C10H16N2O3. The zero-order valence-corrected chi connectivity index (χ0v) is 8.57. The van der Waals surface area contributed by atoms with E-state index < -0.39 is 0 Å². The van der Waals surface area contributed by atoms with E-state index in [1.165, 1.54) is 0 Å². The van der Waals surface area contributed by atoms with Crippen LogP contribution < -0.4 is 11.1 Å². The molecule has 0 saturated heterocycles. The second-order valence-electron chi connectivity index (χ2n) is 3.04. The summed E-state index contributed by atoms with van der Waals surface area (Å²) < 4.78 is 10.4. The Labute approximate surface area is 88.6 Å². The summed E-state index contributed by atoms with van der Waals surface area (Å²) in [6.07, 6.45) is 2.38. The third-order valence-corrected chi connectivity index (χ3v) is 1.80. The molecule has 84 valence electrons. The van der Waals surface area contributed by atoms with E-state index in [0.29, 0.717) is 19.8 Å². The molecule has 15 heavy (non-hydrogen) atoms. The fourth-order valence-electron chi connectivity index (χ4n) is 1.04. The number of rotatable bonds is 7. The molecule has 1 rings (SSSR count). The van der Waals surface area contributed by atoms with Gasteiger partial charge in [0.2, 0.25) is 5.91 Å². The summed E-state index contributed by atoms with van der Waals surface area (Å²) in [5.74, 6) is 0.669. The molecular weight excluding hydrogens is 196 g/mol. The number of amides is 1. The smallest absolute Gasteiger partial charge is 0.233 e. The quantitative estimate of drug-likeness (QED) is 0.635. The zero-order chi connectivity index (χ0) is 10.9. The van der Waals surface area contributed by atoms with Crippen LogP contribution in [0.1, 0.15) is 12.2 Å². The second-order valence-corrected chi connectivity index (χ2v) is 3.04. The highest BCUT2D eigenvalue weighted by Gasteiger charge is 1.97. The number of carbonyl (C=O) groups excluding carboxylic acids is 1. The molecule has 0 aliphatic heterocycles. The van der Waals surface area contributed by atoms with Crippen LogP contribution in [-0.4, -0.2) is 25.6 Å². The first-order valence-electron chi connectivity index (χ1n) is 4.90. The fraction of sp³-hybridized carbons (Fsp3) is 0.500. The Morgan fingerprint density at radius 2 is 2.47 bits per heavy atom. The summed E-state index contributed by atoms with van der Waals surface area (Å²) in [7, 11) is 0. The summed E-state index contributed by atoms with van der Waals surface area (Å²) in [5.41, 5.74) is 5.12. The van der Waals surface area contributed by atoms with E-state index >= 15 is 0 Å². The van der Waals surface area contributed by atoms with Crippen LogP contribution in [0.15, 0.2) is 22.8 Å². The minimum absolute atomic E-state index is 0.0350. The Balaban J connectivity index is 1.91. The average molecular weight is 212 g/mol. The molecule has 0 unspecified atom stereocenters. The van der Waals surface area contributed by atoms with Crippen molar-refractivity contribution in [1.82, 2.24) is 5.32 Å². The van der Waals surface area contributed by atoms with Crippen molar-refractivity contribution in [2.75, 3.05) is 19.7 Å². The predicted octanol–water partition coefficient (Wildman–Crippen LogP) is 0.261. The molecule has 1 aromatic rings. The summed E-state index contributed by atoms with van der Waals surface area (Å²) in [6, 6.07) is 3.68. The molecule has 1 amide bonds. The maximum Gasteiger partial charge on any atom is 0.233 e. The highest BCUT2D eigenvalue weighted by Crippen LogP contribution is 2.01. The molecule has 0 fully saturated rings. The normalized spacial score (nSPS) is 10.2. The van der Waals surface area contributed by atoms with Crippen LogP contribution in [-0.2, 0) is 16.1 Å². The standard InChI is InChI=1S/C10H16N2O3/c11-7-10(13)12-4-2-5-14-8-9-3-1-6-15-9/h1,3,6H,2,4-5,7-8,11H2,(H,12,13). The van der Waals surface area contributed by atoms with E-state index in [-0.39, 0.29) is 12.5 Å². The monoisotopic (exact) mass is 212 g/mol. The fourth-order valence-corrected chi connectivity index (χ4v) is 1.04. The molecule has 5 heteroatoms. The van der Waals surface area contributed by atoms with Gasteiger partial charge in [0.25, 0.3) is 0 Å². The van der Waals surface area contributed by atoms with Gasteiger partial charge in [0.15, 0.2) is 0 Å². The molecule has 0 atom stereocenters. The van der Waals surface area contributed by atoms with Gasteiger partial charge in [-0.3, -0.25) is 4.79 Å². The minimum Gasteiger partial charge on any atom is -0.467 e. The Morgan fingerprint density at radius 3 is 3.13 bits per heavy atom. The molecule has 0 aliphatic rings. The molecule has 0 radical (unpaired) electrons. The van der Waals surface area contributed by atoms with Crippen LogP contribution in [0, 0.1) is 0 Å². The third-order valence-electron chi connectivity index (χ3n) is 1.80. The van der Waals surface area contributed by atoms with Crippen molar-refractivity contribution >= 4 is 5.91 Å². The maximum absolute atomic E-state index is 10.7. The summed E-state index contributed by atoms with van der Waals surface area (Å²) in [6.45, 7) is 1.69. The van der Waals surface area contributed by atoms with E-state index in [1.807, 2.05) is 12.1 Å². The largest absolute Gasteiger partial charge is 0.467 e. The van der Waals surface area contributed by atoms with Crippen LogP contribution in [0.3, 0.4) is 0 Å². The number of nitrogens with two attached hydrogens (primary N) is 1. The average Bonchev–Trinajstić information content (AvgIpc) is 2.75. The van der Waals surface area contributed by atoms with Gasteiger partial charge in [0, 0.05) is 13.2 Å². The SMILES string of the molecule is NCC(=O)NCCCOCc1ccco1. The van der Waals surface area contributed by atoms with Gasteiger partial charge < -0.3 is 20.2 Å². The molecule has 0 aliphatic carbocycles. The van der Waals surface area contributed by atoms with Crippen molar-refractivity contribution in [3.05, 3.63) is 24.2 Å². The first-order valence-corrected chi connectivity index (χ1v) is 4.90. The van der Waals surface area contributed by atoms with Crippen molar-refractivity contribution in [3.63, 3.8) is 0 Å². The lowest BCUT2D eigenvalue weighted by atomic mass is 10.4. The van der Waals surface area contributed by atoms with Crippen LogP contribution in [0.25, 0.3) is 0 Å². The molecule has 5 nitrogen and oxygen atoms in total. The number of hydrogen-bond acceptors (Lipinski definition) is 4. The van der Waals surface area contributed by atoms with Gasteiger partial charge in [0.1, 0.15) is 12.4 Å². The van der Waals surface area contributed by atoms with Gasteiger partial charge >= 0.3 is 0 Å². The first-order chi connectivity index (χ1) is 7.33. The topological polar surface area (TPSA) is 77.5 Å². The third kappa shape index (κ3) is 5.19. The van der Waals surface area contributed by atoms with Crippen molar-refractivity contribution in [2.24, 2.45) is 5.73 Å². The van der Waals surface area contributed by atoms with E-state index in [9.17, 15) is 4.79 Å². The van der Waals surface area contributed by atoms with Gasteiger partial charge in [-0.15, -0.1) is 0 Å². The molecule has 3 N–H and O–H groups in total. The summed E-state index contributed by atoms with van der Waals surface area (Å²) in [5, 5.41) is 2.66. The molecule has 1 heterocycles. The van der Waals surface area contributed by atoms with Gasteiger partial charge in [-0.25, -0.2) is 0 Å². The van der Waals surface area contributed by atoms with Crippen molar-refractivity contribution in [2.45, 2.75) is 13.0 Å². The molecule has 0 spiro atoms. The minimum atomic E-state index is -0.138. The van der Waals surface area contributed by atoms with E-state index in [4.69, 9.17) is 14.9 Å². The first kappa shape index (κ1) is 11.7. The van der Waals surface area contributed by atoms with Gasteiger partial charge in [-0.2, -0.15) is 0 Å². The Morgan fingerprint density at radius 1 is 1.60 bits per heavy atom. The van der Waals surface area contributed by atoms with Crippen LogP contribution in [0.4, 0.5) is 0 Å². The van der Waals surface area contributed by atoms with Crippen molar-refractivity contribution in [1.29, 1.82) is 0 Å². The predicted molar refractivity (Wildman–Crippen MR) is 55.0 cm³/mol. The number of ether oxygens (including phenoxy) is 1. The number of furan rings is 1. The summed E-state index contributed by atoms with van der Waals surface area (Å²) >= 11 is 0. The molecule has 1 aromatic heterocycles. The van der Waals surface area contributed by atoms with E-state index in [1.54, 1.807) is 6.26 Å². The van der Waals surface area contributed by atoms with Crippen LogP contribution >= 0.6 is 0 Å². The number of nitrogens with one attached hydrogen (secondary N) is 1.